The average molecular weight is 459 g/mol. The molecule has 1 atom stereocenters. The van der Waals surface area contributed by atoms with Crippen molar-refractivity contribution < 1.29 is 19.1 Å². The Bertz CT molecular complexity index is 1140. The summed E-state index contributed by atoms with van der Waals surface area (Å²) < 4.78 is 10.7. The van der Waals surface area contributed by atoms with Crippen LogP contribution >= 0.6 is 0 Å². The highest BCUT2D eigenvalue weighted by Crippen LogP contribution is 2.27. The van der Waals surface area contributed by atoms with E-state index in [2.05, 4.69) is 5.32 Å². The summed E-state index contributed by atoms with van der Waals surface area (Å²) in [7, 11) is 3.18. The van der Waals surface area contributed by atoms with Crippen molar-refractivity contribution >= 4 is 23.6 Å². The van der Waals surface area contributed by atoms with Crippen LogP contribution in [0, 0.1) is 0 Å². The maximum Gasteiger partial charge on any atom is 0.247 e. The molecule has 0 spiro atoms. The van der Waals surface area contributed by atoms with Crippen molar-refractivity contribution in [2.75, 3.05) is 19.5 Å². The lowest BCUT2D eigenvalue weighted by Gasteiger charge is -2.29. The Balaban J connectivity index is 1.90. The lowest BCUT2D eigenvalue weighted by Crippen LogP contribution is -2.31. The zero-order valence-corrected chi connectivity index (χ0v) is 19.9. The van der Waals surface area contributed by atoms with Crippen LogP contribution in [0.15, 0.2) is 78.9 Å². The van der Waals surface area contributed by atoms with Crippen LogP contribution in [0.2, 0.25) is 0 Å². The van der Waals surface area contributed by atoms with Crippen molar-refractivity contribution in [3.63, 3.8) is 0 Å². The van der Waals surface area contributed by atoms with E-state index in [1.54, 1.807) is 37.3 Å². The molecule has 1 unspecified atom stereocenters. The van der Waals surface area contributed by atoms with Crippen molar-refractivity contribution in [1.29, 1.82) is 0 Å². The topological polar surface area (TPSA) is 67.9 Å². The molecular weight excluding hydrogens is 428 g/mol. The number of rotatable bonds is 9. The molecule has 3 aromatic rings. The van der Waals surface area contributed by atoms with Gasteiger partial charge < -0.3 is 19.7 Å². The third kappa shape index (κ3) is 6.72. The highest BCUT2D eigenvalue weighted by Gasteiger charge is 2.20. The van der Waals surface area contributed by atoms with Gasteiger partial charge in [-0.3, -0.25) is 9.59 Å². The Morgan fingerprint density at radius 2 is 1.62 bits per heavy atom. The Kier molecular flexibility index (Phi) is 8.46. The fraction of sp³-hybridized carbons (Fsp3) is 0.214. The summed E-state index contributed by atoms with van der Waals surface area (Å²) in [5, 5.41) is 2.81. The van der Waals surface area contributed by atoms with Crippen LogP contribution < -0.4 is 14.8 Å². The molecule has 1 N–H and O–H groups in total. The van der Waals surface area contributed by atoms with Gasteiger partial charge in [-0.05, 0) is 54.0 Å². The number of amides is 2. The first-order valence-corrected chi connectivity index (χ1v) is 11.0. The number of nitrogens with one attached hydrogen (secondary N) is 1. The normalized spacial score (nSPS) is 11.6. The fourth-order valence-electron chi connectivity index (χ4n) is 3.63. The summed E-state index contributed by atoms with van der Waals surface area (Å²) >= 11 is 0. The van der Waals surface area contributed by atoms with Crippen molar-refractivity contribution in [3.8, 4) is 11.5 Å². The van der Waals surface area contributed by atoms with Crippen LogP contribution in [0.3, 0.4) is 0 Å². The second kappa shape index (κ2) is 11.7. The number of anilines is 1. The second-order valence-electron chi connectivity index (χ2n) is 7.91. The molecule has 6 nitrogen and oxygen atoms in total. The summed E-state index contributed by atoms with van der Waals surface area (Å²) in [6.07, 6.45) is 3.32. The highest BCUT2D eigenvalue weighted by atomic mass is 16.5. The molecule has 3 aromatic carbocycles. The standard InChI is InChI=1S/C28H30N2O4/c1-20(24-11-8-12-25(17-24)29-21(2)31)30(19-22-9-6-5-7-10-22)28(32)14-13-23-15-26(33-3)18-27(16-23)34-4/h5-18,20H,19H2,1-4H3,(H,29,31)/b14-13+. The molecule has 34 heavy (non-hydrogen) atoms. The van der Waals surface area contributed by atoms with Crippen molar-refractivity contribution in [1.82, 2.24) is 4.90 Å². The van der Waals surface area contributed by atoms with Gasteiger partial charge in [0, 0.05) is 31.3 Å². The van der Waals surface area contributed by atoms with E-state index in [1.807, 2.05) is 73.7 Å². The van der Waals surface area contributed by atoms with E-state index in [0.717, 1.165) is 16.7 Å². The first kappa shape index (κ1) is 24.6. The van der Waals surface area contributed by atoms with Gasteiger partial charge in [-0.15, -0.1) is 0 Å². The molecule has 176 valence electrons. The largest absolute Gasteiger partial charge is 0.497 e. The summed E-state index contributed by atoms with van der Waals surface area (Å²) in [6.45, 7) is 3.90. The molecule has 0 saturated heterocycles. The number of nitrogens with zero attached hydrogens (tertiary/aromatic N) is 1. The van der Waals surface area contributed by atoms with Gasteiger partial charge in [0.05, 0.1) is 20.3 Å². The molecule has 0 aliphatic carbocycles. The van der Waals surface area contributed by atoms with E-state index < -0.39 is 0 Å². The predicted octanol–water partition coefficient (Wildman–Crippen LogP) is 5.47. The highest BCUT2D eigenvalue weighted by molar-refractivity contribution is 5.92. The first-order valence-electron chi connectivity index (χ1n) is 11.0. The van der Waals surface area contributed by atoms with Crippen LogP contribution in [0.1, 0.15) is 36.6 Å². The summed E-state index contributed by atoms with van der Waals surface area (Å²) in [6, 6.07) is 22.7. The third-order valence-corrected chi connectivity index (χ3v) is 5.43. The van der Waals surface area contributed by atoms with Gasteiger partial charge in [0.1, 0.15) is 11.5 Å². The van der Waals surface area contributed by atoms with Crippen LogP contribution in [0.25, 0.3) is 6.08 Å². The van der Waals surface area contributed by atoms with Crippen molar-refractivity contribution in [2.24, 2.45) is 0 Å². The summed E-state index contributed by atoms with van der Waals surface area (Å²) in [5.41, 5.74) is 3.44. The zero-order chi connectivity index (χ0) is 24.5. The van der Waals surface area contributed by atoms with E-state index >= 15 is 0 Å². The second-order valence-corrected chi connectivity index (χ2v) is 7.91. The summed E-state index contributed by atoms with van der Waals surface area (Å²) in [5.74, 6) is 1.02. The third-order valence-electron chi connectivity index (χ3n) is 5.43. The molecule has 0 aromatic heterocycles. The molecule has 2 amide bonds. The minimum absolute atomic E-state index is 0.136. The fourth-order valence-corrected chi connectivity index (χ4v) is 3.63. The van der Waals surface area contributed by atoms with Crippen LogP contribution in [-0.2, 0) is 16.1 Å². The van der Waals surface area contributed by atoms with E-state index in [1.165, 1.54) is 6.92 Å². The Morgan fingerprint density at radius 3 is 2.24 bits per heavy atom. The van der Waals surface area contributed by atoms with E-state index in [9.17, 15) is 9.59 Å². The van der Waals surface area contributed by atoms with Gasteiger partial charge in [-0.25, -0.2) is 0 Å². The number of carbonyl (C=O) groups excluding carboxylic acids is 2. The van der Waals surface area contributed by atoms with Gasteiger partial charge in [-0.2, -0.15) is 0 Å². The molecule has 0 fully saturated rings. The number of hydrogen-bond acceptors (Lipinski definition) is 4. The van der Waals surface area contributed by atoms with Gasteiger partial charge in [0.25, 0.3) is 0 Å². The number of ether oxygens (including phenoxy) is 2. The van der Waals surface area contributed by atoms with Crippen molar-refractivity contribution in [2.45, 2.75) is 26.4 Å². The number of benzene rings is 3. The molecule has 0 heterocycles. The smallest absolute Gasteiger partial charge is 0.247 e. The molecular formula is C28H30N2O4. The zero-order valence-electron chi connectivity index (χ0n) is 19.9. The van der Waals surface area contributed by atoms with E-state index in [-0.39, 0.29) is 17.9 Å². The number of carbonyl (C=O) groups is 2. The Labute approximate surface area is 200 Å². The number of methoxy groups -OCH3 is 2. The molecule has 0 aliphatic rings. The maximum absolute atomic E-state index is 13.4. The van der Waals surface area contributed by atoms with Gasteiger partial charge in [0.15, 0.2) is 0 Å². The van der Waals surface area contributed by atoms with Crippen LogP contribution in [0.4, 0.5) is 5.69 Å². The van der Waals surface area contributed by atoms with E-state index in [4.69, 9.17) is 9.47 Å². The predicted molar refractivity (Wildman–Crippen MR) is 135 cm³/mol. The van der Waals surface area contributed by atoms with Crippen molar-refractivity contribution in [3.05, 3.63) is 95.6 Å². The SMILES string of the molecule is COc1cc(/C=C/C(=O)N(Cc2ccccc2)C(C)c2cccc(NC(C)=O)c2)cc(OC)c1. The van der Waals surface area contributed by atoms with E-state index in [0.29, 0.717) is 23.7 Å². The summed E-state index contributed by atoms with van der Waals surface area (Å²) in [4.78, 5) is 26.7. The number of hydrogen-bond donors (Lipinski definition) is 1. The Morgan fingerprint density at radius 1 is 0.941 bits per heavy atom. The quantitative estimate of drug-likeness (QED) is 0.432. The lowest BCUT2D eigenvalue weighted by atomic mass is 10.0. The molecule has 6 heteroatoms. The molecule has 3 rings (SSSR count). The first-order chi connectivity index (χ1) is 16.4. The van der Waals surface area contributed by atoms with Gasteiger partial charge in [0.2, 0.25) is 11.8 Å². The van der Waals surface area contributed by atoms with Gasteiger partial charge >= 0.3 is 0 Å². The maximum atomic E-state index is 13.4. The average Bonchev–Trinajstić information content (AvgIpc) is 2.85. The molecule has 0 saturated carbocycles. The van der Waals surface area contributed by atoms with Gasteiger partial charge in [-0.1, -0.05) is 42.5 Å². The minimum atomic E-state index is -0.231. The Hall–Kier alpha value is -4.06. The molecule has 0 bridgehead atoms. The van der Waals surface area contributed by atoms with Crippen LogP contribution in [-0.4, -0.2) is 30.9 Å². The lowest BCUT2D eigenvalue weighted by molar-refractivity contribution is -0.128. The molecule has 0 aliphatic heterocycles. The molecule has 0 radical (unpaired) electrons. The minimum Gasteiger partial charge on any atom is -0.497 e. The van der Waals surface area contributed by atoms with Crippen LogP contribution in [0.5, 0.6) is 11.5 Å². The monoisotopic (exact) mass is 458 g/mol.